The predicted octanol–water partition coefficient (Wildman–Crippen LogP) is 3.04. The number of aromatic nitrogens is 2. The fourth-order valence-electron chi connectivity index (χ4n) is 1.84. The van der Waals surface area contributed by atoms with E-state index in [1.165, 1.54) is 12.1 Å². The minimum absolute atomic E-state index is 0.0770. The van der Waals surface area contributed by atoms with E-state index < -0.39 is 0 Å². The van der Waals surface area contributed by atoms with Crippen LogP contribution >= 0.6 is 23.2 Å². The highest BCUT2D eigenvalue weighted by Gasteiger charge is 2.14. The number of carbonyl (C=O) groups excluding carboxylic acids is 1. The molecule has 0 fully saturated rings. The van der Waals surface area contributed by atoms with Crippen LogP contribution in [0.4, 0.5) is 5.69 Å². The second-order valence-electron chi connectivity index (χ2n) is 4.35. The van der Waals surface area contributed by atoms with E-state index in [-0.39, 0.29) is 27.9 Å². The lowest BCUT2D eigenvalue weighted by atomic mass is 10.1. The van der Waals surface area contributed by atoms with Gasteiger partial charge in [0.1, 0.15) is 0 Å². The molecule has 1 heterocycles. The maximum absolute atomic E-state index is 12.2. The molecule has 0 unspecified atom stereocenters. The second kappa shape index (κ2) is 5.23. The number of hydrogen-bond acceptors (Lipinski definition) is 3. The van der Waals surface area contributed by atoms with Crippen LogP contribution < -0.4 is 5.73 Å². The number of Topliss-reactive ketones (excluding diaryl/α,β-unsaturated/α-hetero) is 1. The number of anilines is 1. The van der Waals surface area contributed by atoms with Crippen LogP contribution in [0.15, 0.2) is 18.2 Å². The fourth-order valence-corrected chi connectivity index (χ4v) is 2.33. The van der Waals surface area contributed by atoms with Gasteiger partial charge in [0.05, 0.1) is 27.8 Å². The lowest BCUT2D eigenvalue weighted by Gasteiger charge is -2.06. The molecule has 0 amide bonds. The Bertz CT molecular complexity index is 626. The Hall–Kier alpha value is -1.52. The molecule has 0 radical (unpaired) electrons. The Morgan fingerprint density at radius 3 is 2.37 bits per heavy atom. The van der Waals surface area contributed by atoms with Crippen LogP contribution in [0, 0.1) is 6.92 Å². The number of halogens is 2. The van der Waals surface area contributed by atoms with Crippen molar-refractivity contribution >= 4 is 34.7 Å². The first-order chi connectivity index (χ1) is 8.88. The Labute approximate surface area is 121 Å². The molecular weight excluding hydrogens is 285 g/mol. The van der Waals surface area contributed by atoms with Crippen molar-refractivity contribution in [3.05, 3.63) is 45.2 Å². The van der Waals surface area contributed by atoms with Gasteiger partial charge in [0.25, 0.3) is 0 Å². The highest BCUT2D eigenvalue weighted by molar-refractivity contribution is 6.39. The molecule has 0 aliphatic heterocycles. The van der Waals surface area contributed by atoms with E-state index in [9.17, 15) is 4.79 Å². The van der Waals surface area contributed by atoms with E-state index in [1.54, 1.807) is 11.7 Å². The topological polar surface area (TPSA) is 60.9 Å². The summed E-state index contributed by atoms with van der Waals surface area (Å²) in [4.78, 5) is 12.2. The SMILES string of the molecule is Cc1cc(CC(=O)c2cc(Cl)c(N)c(Cl)c2)n(C)n1. The number of rotatable bonds is 3. The third-order valence-electron chi connectivity index (χ3n) is 2.84. The van der Waals surface area contributed by atoms with Crippen molar-refractivity contribution in [2.45, 2.75) is 13.3 Å². The van der Waals surface area contributed by atoms with Crippen LogP contribution in [-0.2, 0) is 13.5 Å². The number of nitrogen functional groups attached to an aromatic ring is 1. The molecule has 0 atom stereocenters. The van der Waals surface area contributed by atoms with Crippen molar-refractivity contribution in [2.75, 3.05) is 5.73 Å². The molecule has 0 bridgehead atoms. The van der Waals surface area contributed by atoms with Gasteiger partial charge in [-0.15, -0.1) is 0 Å². The molecule has 4 nitrogen and oxygen atoms in total. The summed E-state index contributed by atoms with van der Waals surface area (Å²) in [7, 11) is 1.80. The van der Waals surface area contributed by atoms with Gasteiger partial charge in [0, 0.05) is 18.3 Å². The summed E-state index contributed by atoms with van der Waals surface area (Å²) in [5.74, 6) is -0.0770. The average molecular weight is 298 g/mol. The molecule has 6 heteroatoms. The van der Waals surface area contributed by atoms with Gasteiger partial charge < -0.3 is 5.73 Å². The van der Waals surface area contributed by atoms with Gasteiger partial charge in [0.15, 0.2) is 5.78 Å². The van der Waals surface area contributed by atoms with Crippen LogP contribution in [0.3, 0.4) is 0 Å². The Balaban J connectivity index is 2.28. The first-order valence-corrected chi connectivity index (χ1v) is 6.41. The summed E-state index contributed by atoms with van der Waals surface area (Å²) >= 11 is 11.8. The predicted molar refractivity (Wildman–Crippen MR) is 76.9 cm³/mol. The molecule has 1 aromatic carbocycles. The summed E-state index contributed by atoms with van der Waals surface area (Å²) < 4.78 is 1.69. The quantitative estimate of drug-likeness (QED) is 0.700. The highest BCUT2D eigenvalue weighted by atomic mass is 35.5. The highest BCUT2D eigenvalue weighted by Crippen LogP contribution is 2.29. The number of nitrogens with two attached hydrogens (primary N) is 1. The largest absolute Gasteiger partial charge is 0.396 e. The van der Waals surface area contributed by atoms with Crippen molar-refractivity contribution in [2.24, 2.45) is 7.05 Å². The normalized spacial score (nSPS) is 10.7. The zero-order valence-corrected chi connectivity index (χ0v) is 12.1. The molecule has 1 aromatic heterocycles. The molecule has 100 valence electrons. The summed E-state index contributed by atoms with van der Waals surface area (Å²) in [6.07, 6.45) is 0.244. The van der Waals surface area contributed by atoms with Gasteiger partial charge in [-0.25, -0.2) is 0 Å². The van der Waals surface area contributed by atoms with Crippen molar-refractivity contribution in [3.8, 4) is 0 Å². The van der Waals surface area contributed by atoms with Crippen LogP contribution in [0.2, 0.25) is 10.0 Å². The molecule has 2 rings (SSSR count). The number of carbonyl (C=O) groups is 1. The summed E-state index contributed by atoms with van der Waals surface area (Å²) in [6.45, 7) is 1.88. The van der Waals surface area contributed by atoms with E-state index in [0.29, 0.717) is 5.56 Å². The van der Waals surface area contributed by atoms with Crippen molar-refractivity contribution in [3.63, 3.8) is 0 Å². The van der Waals surface area contributed by atoms with E-state index >= 15 is 0 Å². The number of ketones is 1. The number of nitrogens with zero attached hydrogens (tertiary/aromatic N) is 2. The van der Waals surface area contributed by atoms with Crippen LogP contribution in [-0.4, -0.2) is 15.6 Å². The summed E-state index contributed by atoms with van der Waals surface area (Å²) in [5.41, 5.74) is 8.09. The van der Waals surface area contributed by atoms with Crippen LogP contribution in [0.5, 0.6) is 0 Å². The zero-order chi connectivity index (χ0) is 14.2. The third kappa shape index (κ3) is 2.91. The smallest absolute Gasteiger partial charge is 0.168 e. The molecule has 2 N–H and O–H groups in total. The lowest BCUT2D eigenvalue weighted by Crippen LogP contribution is -2.08. The maximum Gasteiger partial charge on any atom is 0.168 e. The Kier molecular flexibility index (Phi) is 3.83. The first kappa shape index (κ1) is 13.9. The van der Waals surface area contributed by atoms with Crippen molar-refractivity contribution in [1.82, 2.24) is 9.78 Å². The number of hydrogen-bond donors (Lipinski definition) is 1. The summed E-state index contributed by atoms with van der Waals surface area (Å²) in [6, 6.07) is 4.95. The van der Waals surface area contributed by atoms with Crippen molar-refractivity contribution in [1.29, 1.82) is 0 Å². The Morgan fingerprint density at radius 2 is 1.89 bits per heavy atom. The molecule has 0 aliphatic rings. The molecule has 2 aromatic rings. The molecule has 0 saturated heterocycles. The molecular formula is C13H13Cl2N3O. The van der Waals surface area contributed by atoms with E-state index in [0.717, 1.165) is 11.4 Å². The Morgan fingerprint density at radius 1 is 1.32 bits per heavy atom. The minimum atomic E-state index is -0.0770. The van der Waals surface area contributed by atoms with Crippen molar-refractivity contribution < 1.29 is 4.79 Å². The monoisotopic (exact) mass is 297 g/mol. The lowest BCUT2D eigenvalue weighted by molar-refractivity contribution is 0.0991. The van der Waals surface area contributed by atoms with Gasteiger partial charge in [-0.1, -0.05) is 23.2 Å². The van der Waals surface area contributed by atoms with Gasteiger partial charge in [-0.2, -0.15) is 5.10 Å². The second-order valence-corrected chi connectivity index (χ2v) is 5.17. The van der Waals surface area contributed by atoms with E-state index in [4.69, 9.17) is 28.9 Å². The average Bonchev–Trinajstić information content (AvgIpc) is 2.64. The third-order valence-corrected chi connectivity index (χ3v) is 3.47. The van der Waals surface area contributed by atoms with Gasteiger partial charge in [0.2, 0.25) is 0 Å². The molecule has 0 spiro atoms. The molecule has 19 heavy (non-hydrogen) atoms. The molecule has 0 saturated carbocycles. The van der Waals surface area contributed by atoms with E-state index in [2.05, 4.69) is 5.10 Å². The fraction of sp³-hybridized carbons (Fsp3) is 0.231. The number of benzene rings is 1. The first-order valence-electron chi connectivity index (χ1n) is 5.65. The van der Waals surface area contributed by atoms with Gasteiger partial charge >= 0.3 is 0 Å². The maximum atomic E-state index is 12.2. The molecule has 0 aliphatic carbocycles. The minimum Gasteiger partial charge on any atom is -0.396 e. The van der Waals surface area contributed by atoms with Gasteiger partial charge in [-0.05, 0) is 25.1 Å². The van der Waals surface area contributed by atoms with E-state index in [1.807, 2.05) is 13.0 Å². The summed E-state index contributed by atoms with van der Waals surface area (Å²) in [5, 5.41) is 4.78. The van der Waals surface area contributed by atoms with Crippen LogP contribution in [0.1, 0.15) is 21.7 Å². The standard InChI is InChI=1S/C13H13Cl2N3O/c1-7-3-9(18(2)17-7)6-12(19)8-4-10(14)13(16)11(15)5-8/h3-5H,6,16H2,1-2H3. The van der Waals surface area contributed by atoms with Gasteiger partial charge in [-0.3, -0.25) is 9.48 Å². The van der Waals surface area contributed by atoms with Crippen LogP contribution in [0.25, 0.3) is 0 Å². The zero-order valence-electron chi connectivity index (χ0n) is 10.6. The number of aryl methyl sites for hydroxylation is 2.